The number of imidazole rings is 1. The average molecular weight is 451 g/mol. The quantitative estimate of drug-likeness (QED) is 0.380. The summed E-state index contributed by atoms with van der Waals surface area (Å²) in [6.45, 7) is 5.75. The number of rotatable bonds is 6. The summed E-state index contributed by atoms with van der Waals surface area (Å²) in [7, 11) is 0. The molecular formula is C22H26N8O3. The molecule has 172 valence electrons. The van der Waals surface area contributed by atoms with Crippen molar-refractivity contribution in [1.29, 1.82) is 0 Å². The number of nitrogens with zero attached hydrogens (tertiary/aromatic N) is 5. The molecule has 11 heteroatoms. The maximum atomic E-state index is 12.7. The number of benzene rings is 1. The summed E-state index contributed by atoms with van der Waals surface area (Å²) in [5, 5.41) is 7.23. The molecule has 0 radical (unpaired) electrons. The highest BCUT2D eigenvalue weighted by Gasteiger charge is 2.24. The molecule has 3 aromatic rings. The molecule has 2 aliphatic rings. The zero-order chi connectivity index (χ0) is 22.6. The van der Waals surface area contributed by atoms with E-state index in [1.807, 2.05) is 31.2 Å². The first-order valence-electron chi connectivity index (χ1n) is 11.0. The van der Waals surface area contributed by atoms with E-state index in [0.29, 0.717) is 62.4 Å². The summed E-state index contributed by atoms with van der Waals surface area (Å²) in [5.74, 6) is 0.868. The molecule has 33 heavy (non-hydrogen) atoms. The number of ether oxygens (including phenoxy) is 2. The summed E-state index contributed by atoms with van der Waals surface area (Å²) in [4.78, 5) is 31.5. The average Bonchev–Trinajstić information content (AvgIpc) is 3.49. The second kappa shape index (κ2) is 9.51. The number of H-pyrrole nitrogens is 1. The number of aromatic nitrogens is 4. The molecule has 2 aliphatic heterocycles. The van der Waals surface area contributed by atoms with E-state index in [-0.39, 0.29) is 17.8 Å². The Bertz CT molecular complexity index is 1170. The molecule has 0 spiro atoms. The lowest BCUT2D eigenvalue weighted by molar-refractivity contribution is 0.0920. The first-order valence-corrected chi connectivity index (χ1v) is 11.0. The SMILES string of the molecule is Cc1cccc(/C=N/Nc2nc(N3CCOCC3)c3[nH]c(C(=O)NC4CCOC4)nc3n2)c1. The van der Waals surface area contributed by atoms with Gasteiger partial charge in [-0.2, -0.15) is 15.1 Å². The van der Waals surface area contributed by atoms with E-state index in [9.17, 15) is 4.79 Å². The fourth-order valence-electron chi connectivity index (χ4n) is 3.86. The Morgan fingerprint density at radius 1 is 1.21 bits per heavy atom. The third-order valence-corrected chi connectivity index (χ3v) is 5.54. The van der Waals surface area contributed by atoms with Crippen molar-refractivity contribution in [3.8, 4) is 0 Å². The molecule has 2 fully saturated rings. The van der Waals surface area contributed by atoms with Crippen LogP contribution in [0.4, 0.5) is 11.8 Å². The number of hydrogen-bond acceptors (Lipinski definition) is 9. The second-order valence-electron chi connectivity index (χ2n) is 8.07. The monoisotopic (exact) mass is 450 g/mol. The molecule has 1 amide bonds. The predicted molar refractivity (Wildman–Crippen MR) is 124 cm³/mol. The van der Waals surface area contributed by atoms with Gasteiger partial charge < -0.3 is 24.7 Å². The van der Waals surface area contributed by atoms with Gasteiger partial charge in [0.1, 0.15) is 5.52 Å². The summed E-state index contributed by atoms with van der Waals surface area (Å²) in [5.41, 5.74) is 6.02. The van der Waals surface area contributed by atoms with E-state index < -0.39 is 0 Å². The van der Waals surface area contributed by atoms with Gasteiger partial charge >= 0.3 is 0 Å². The minimum absolute atomic E-state index is 0.0105. The standard InChI is InChI=1S/C22H26N8O3/c1-14-3-2-4-15(11-14)12-23-29-22-27-18-17(20(28-22)30-6-9-32-10-7-30)25-19(26-18)21(31)24-16-5-8-33-13-16/h2-4,11-12,16H,5-10,13H2,1H3,(H,24,31)(H2,25,26,27,28,29)/b23-12+. The summed E-state index contributed by atoms with van der Waals surface area (Å²) >= 11 is 0. The number of nitrogens with one attached hydrogen (secondary N) is 3. The van der Waals surface area contributed by atoms with E-state index in [1.165, 1.54) is 0 Å². The highest BCUT2D eigenvalue weighted by Crippen LogP contribution is 2.25. The zero-order valence-electron chi connectivity index (χ0n) is 18.4. The number of amides is 1. The first-order chi connectivity index (χ1) is 16.2. The highest BCUT2D eigenvalue weighted by molar-refractivity contribution is 5.96. The third kappa shape index (κ3) is 4.94. The summed E-state index contributed by atoms with van der Waals surface area (Å²) in [6.07, 6.45) is 2.50. The third-order valence-electron chi connectivity index (χ3n) is 5.54. The fraction of sp³-hybridized carbons (Fsp3) is 0.409. The van der Waals surface area contributed by atoms with Crippen LogP contribution in [0.5, 0.6) is 0 Å². The Morgan fingerprint density at radius 3 is 2.88 bits per heavy atom. The first kappa shape index (κ1) is 21.3. The van der Waals surface area contributed by atoms with Gasteiger partial charge in [-0.3, -0.25) is 4.79 Å². The second-order valence-corrected chi connectivity index (χ2v) is 8.07. The minimum atomic E-state index is -0.289. The van der Waals surface area contributed by atoms with Gasteiger partial charge in [-0.1, -0.05) is 29.8 Å². The molecule has 5 rings (SSSR count). The maximum absolute atomic E-state index is 12.7. The fourth-order valence-corrected chi connectivity index (χ4v) is 3.86. The lowest BCUT2D eigenvalue weighted by Gasteiger charge is -2.28. The van der Waals surface area contributed by atoms with Gasteiger partial charge in [0.25, 0.3) is 5.91 Å². The summed E-state index contributed by atoms with van der Waals surface area (Å²) < 4.78 is 10.8. The van der Waals surface area contributed by atoms with Crippen LogP contribution in [0.1, 0.15) is 28.2 Å². The molecule has 4 heterocycles. The van der Waals surface area contributed by atoms with E-state index >= 15 is 0 Å². The number of hydrogen-bond donors (Lipinski definition) is 3. The number of aryl methyl sites for hydroxylation is 1. The van der Waals surface area contributed by atoms with Crippen LogP contribution in [0.3, 0.4) is 0 Å². The van der Waals surface area contributed by atoms with Crippen molar-refractivity contribution in [2.24, 2.45) is 5.10 Å². The molecule has 0 bridgehead atoms. The van der Waals surface area contributed by atoms with E-state index in [2.05, 4.69) is 40.7 Å². The Labute approximate surface area is 190 Å². The van der Waals surface area contributed by atoms with Crippen molar-refractivity contribution in [2.45, 2.75) is 19.4 Å². The van der Waals surface area contributed by atoms with Crippen LogP contribution in [0.2, 0.25) is 0 Å². The van der Waals surface area contributed by atoms with E-state index in [4.69, 9.17) is 9.47 Å². The van der Waals surface area contributed by atoms with Crippen LogP contribution < -0.4 is 15.6 Å². The minimum Gasteiger partial charge on any atom is -0.379 e. The largest absolute Gasteiger partial charge is 0.379 e. The van der Waals surface area contributed by atoms with E-state index in [1.54, 1.807) is 6.21 Å². The van der Waals surface area contributed by atoms with Gasteiger partial charge in [0, 0.05) is 19.7 Å². The van der Waals surface area contributed by atoms with E-state index in [0.717, 1.165) is 17.5 Å². The normalized spacial score (nSPS) is 18.8. The molecule has 0 aliphatic carbocycles. The van der Waals surface area contributed by atoms with Crippen LogP contribution in [-0.4, -0.2) is 77.6 Å². The molecule has 2 saturated heterocycles. The number of fused-ring (bicyclic) bond motifs is 1. The summed E-state index contributed by atoms with van der Waals surface area (Å²) in [6, 6.07) is 7.99. The predicted octanol–water partition coefficient (Wildman–Crippen LogP) is 1.46. The molecule has 11 nitrogen and oxygen atoms in total. The van der Waals surface area contributed by atoms with Crippen LogP contribution >= 0.6 is 0 Å². The van der Waals surface area contributed by atoms with Crippen LogP contribution in [0, 0.1) is 6.92 Å². The van der Waals surface area contributed by atoms with Crippen molar-refractivity contribution in [2.75, 3.05) is 49.8 Å². The smallest absolute Gasteiger partial charge is 0.287 e. The van der Waals surface area contributed by atoms with Crippen LogP contribution in [0.25, 0.3) is 11.2 Å². The van der Waals surface area contributed by atoms with Gasteiger partial charge in [0.05, 0.1) is 32.1 Å². The number of carbonyl (C=O) groups excluding carboxylic acids is 1. The molecular weight excluding hydrogens is 424 g/mol. The van der Waals surface area contributed by atoms with Crippen molar-refractivity contribution in [3.63, 3.8) is 0 Å². The van der Waals surface area contributed by atoms with Crippen molar-refractivity contribution < 1.29 is 14.3 Å². The Balaban J connectivity index is 1.43. The Morgan fingerprint density at radius 2 is 2.09 bits per heavy atom. The number of aromatic amines is 1. The van der Waals surface area contributed by atoms with Crippen LogP contribution in [-0.2, 0) is 9.47 Å². The van der Waals surface area contributed by atoms with Gasteiger partial charge in [-0.25, -0.2) is 10.4 Å². The zero-order valence-corrected chi connectivity index (χ0v) is 18.4. The highest BCUT2D eigenvalue weighted by atomic mass is 16.5. The van der Waals surface area contributed by atoms with Gasteiger partial charge in [-0.15, -0.1) is 0 Å². The number of hydrazone groups is 1. The van der Waals surface area contributed by atoms with Crippen molar-refractivity contribution >= 4 is 35.1 Å². The van der Waals surface area contributed by atoms with Gasteiger partial charge in [-0.05, 0) is 18.9 Å². The number of carbonyl (C=O) groups is 1. The van der Waals surface area contributed by atoms with Gasteiger partial charge in [0.2, 0.25) is 5.95 Å². The molecule has 1 aromatic carbocycles. The Hall–Kier alpha value is -3.57. The topological polar surface area (TPSA) is 130 Å². The Kier molecular flexibility index (Phi) is 6.13. The van der Waals surface area contributed by atoms with Gasteiger partial charge in [0.15, 0.2) is 17.3 Å². The molecule has 3 N–H and O–H groups in total. The molecule has 1 unspecified atom stereocenters. The van der Waals surface area contributed by atoms with Crippen molar-refractivity contribution in [1.82, 2.24) is 25.3 Å². The van der Waals surface area contributed by atoms with Crippen molar-refractivity contribution in [3.05, 3.63) is 41.2 Å². The number of morpholine rings is 1. The molecule has 1 atom stereocenters. The maximum Gasteiger partial charge on any atom is 0.287 e. The van der Waals surface area contributed by atoms with Crippen LogP contribution in [0.15, 0.2) is 29.4 Å². The molecule has 0 saturated carbocycles. The molecule has 2 aromatic heterocycles. The number of anilines is 2. The lowest BCUT2D eigenvalue weighted by Crippen LogP contribution is -2.37. The lowest BCUT2D eigenvalue weighted by atomic mass is 10.2.